The maximum atomic E-state index is 10.6. The molecular formula is C6H5BrCl3NO2S. The molecule has 8 heteroatoms. The Morgan fingerprint density at radius 3 is 2.29 bits per heavy atom. The molecule has 0 saturated carbocycles. The molecule has 0 radical (unpaired) electrons. The zero-order valence-electron chi connectivity index (χ0n) is 6.89. The van der Waals surface area contributed by atoms with Crippen LogP contribution in [-0.2, 0) is 0 Å². The summed E-state index contributed by atoms with van der Waals surface area (Å²) in [4.78, 5) is 9.94. The fraction of sp³-hybridized carbons (Fsp3) is 0.333. The Kier molecular flexibility index (Phi) is 7.24. The Bertz CT molecular complexity index is 301. The summed E-state index contributed by atoms with van der Waals surface area (Å²) >= 11 is 20.7. The molecule has 80 valence electrons. The van der Waals surface area contributed by atoms with Gasteiger partial charge in [-0.05, 0) is 21.7 Å². The average molecular weight is 341 g/mol. The van der Waals surface area contributed by atoms with Crippen LogP contribution < -0.4 is 0 Å². The quantitative estimate of drug-likeness (QED) is 0.430. The van der Waals surface area contributed by atoms with E-state index in [1.54, 1.807) is 0 Å². The van der Waals surface area contributed by atoms with Crippen molar-refractivity contribution < 1.29 is 4.92 Å². The van der Waals surface area contributed by atoms with Crippen LogP contribution in [-0.4, -0.2) is 10.7 Å². The number of nitrogens with zero attached hydrogens (tertiary/aromatic N) is 1. The molecule has 0 aliphatic carbocycles. The Morgan fingerprint density at radius 2 is 2.00 bits per heavy atom. The van der Waals surface area contributed by atoms with Crippen LogP contribution >= 0.6 is 62.5 Å². The summed E-state index contributed by atoms with van der Waals surface area (Å²) in [6, 6.07) is 0. The first-order chi connectivity index (χ1) is 6.41. The van der Waals surface area contributed by atoms with E-state index < -0.39 is 4.92 Å². The highest BCUT2D eigenvalue weighted by Crippen LogP contribution is 2.34. The topological polar surface area (TPSA) is 43.1 Å². The number of hydrogen-bond donors (Lipinski definition) is 0. The van der Waals surface area contributed by atoms with Crippen molar-refractivity contribution in [1.82, 2.24) is 0 Å². The zero-order valence-corrected chi connectivity index (χ0v) is 11.6. The fourth-order valence-corrected chi connectivity index (χ4v) is 2.13. The van der Waals surface area contributed by atoms with Gasteiger partial charge in [0.25, 0.3) is 0 Å². The van der Waals surface area contributed by atoms with Gasteiger partial charge >= 0.3 is 5.70 Å². The lowest BCUT2D eigenvalue weighted by Crippen LogP contribution is -2.01. The van der Waals surface area contributed by atoms with Crippen molar-refractivity contribution >= 4 is 62.5 Å². The largest absolute Gasteiger partial charge is 0.314 e. The van der Waals surface area contributed by atoms with Gasteiger partial charge in [-0.1, -0.05) is 41.7 Å². The van der Waals surface area contributed by atoms with Crippen molar-refractivity contribution in [2.75, 3.05) is 5.75 Å². The zero-order chi connectivity index (χ0) is 11.3. The molecule has 0 aromatic carbocycles. The van der Waals surface area contributed by atoms with Gasteiger partial charge in [-0.2, -0.15) is 0 Å². The summed E-state index contributed by atoms with van der Waals surface area (Å²) in [5.41, 5.74) is -0.387. The molecule has 3 nitrogen and oxygen atoms in total. The highest BCUT2D eigenvalue weighted by atomic mass is 79.9. The van der Waals surface area contributed by atoms with Crippen LogP contribution in [0.4, 0.5) is 0 Å². The Morgan fingerprint density at radius 1 is 1.50 bits per heavy atom. The lowest BCUT2D eigenvalue weighted by Gasteiger charge is -2.00. The van der Waals surface area contributed by atoms with Crippen LogP contribution in [0, 0.1) is 10.1 Å². The summed E-state index contributed by atoms with van der Waals surface area (Å²) < 4.78 is -0.0270. The van der Waals surface area contributed by atoms with Crippen LogP contribution in [0.2, 0.25) is 0 Å². The first-order valence-electron chi connectivity index (χ1n) is 3.29. The Hall–Kier alpha value is 0.580. The lowest BCUT2D eigenvalue weighted by molar-refractivity contribution is -0.419. The highest BCUT2D eigenvalue weighted by molar-refractivity contribution is 9.12. The van der Waals surface area contributed by atoms with Crippen molar-refractivity contribution in [3.05, 3.63) is 29.1 Å². The van der Waals surface area contributed by atoms with Crippen molar-refractivity contribution in [2.24, 2.45) is 0 Å². The molecule has 14 heavy (non-hydrogen) atoms. The van der Waals surface area contributed by atoms with E-state index in [9.17, 15) is 10.1 Å². The van der Waals surface area contributed by atoms with E-state index in [0.717, 1.165) is 11.8 Å². The molecule has 0 bridgehead atoms. The second-order valence-corrected chi connectivity index (χ2v) is 5.77. The number of rotatable bonds is 4. The molecule has 0 aromatic rings. The maximum absolute atomic E-state index is 10.6. The molecule has 0 aliphatic heterocycles. The first kappa shape index (κ1) is 14.6. The van der Waals surface area contributed by atoms with Gasteiger partial charge in [-0.3, -0.25) is 10.1 Å². The third-order valence-electron chi connectivity index (χ3n) is 1.01. The minimum absolute atomic E-state index is 0.0140. The number of thioether (sulfide) groups is 1. The van der Waals surface area contributed by atoms with Gasteiger partial charge < -0.3 is 0 Å². The molecule has 0 aromatic heterocycles. The standard InChI is InChI=1S/C6H5BrCl3NO2S/c1-2-14-6(10)4(11(12)13)3(8)5(7)9/h2H2,1H3/b5-3-,6-4-. The number of allylic oxidation sites excluding steroid dienone is 1. The molecule has 0 saturated heterocycles. The normalized spacial score (nSPS) is 14.6. The second-order valence-electron chi connectivity index (χ2n) is 1.89. The van der Waals surface area contributed by atoms with Gasteiger partial charge in [0.2, 0.25) is 0 Å². The number of halogens is 4. The van der Waals surface area contributed by atoms with E-state index in [4.69, 9.17) is 34.8 Å². The molecular weight excluding hydrogens is 336 g/mol. The highest BCUT2D eigenvalue weighted by Gasteiger charge is 2.23. The van der Waals surface area contributed by atoms with Crippen LogP contribution in [0.5, 0.6) is 0 Å². The number of hydrogen-bond acceptors (Lipinski definition) is 3. The van der Waals surface area contributed by atoms with Gasteiger partial charge in [0.1, 0.15) is 8.97 Å². The monoisotopic (exact) mass is 339 g/mol. The van der Waals surface area contributed by atoms with Crippen molar-refractivity contribution in [1.29, 1.82) is 0 Å². The maximum Gasteiger partial charge on any atom is 0.314 e. The van der Waals surface area contributed by atoms with Gasteiger partial charge in [0.15, 0.2) is 4.36 Å². The molecule has 0 heterocycles. The van der Waals surface area contributed by atoms with Crippen LogP contribution in [0.15, 0.2) is 19.0 Å². The summed E-state index contributed by atoms with van der Waals surface area (Å²) in [7, 11) is 0. The Labute approximate surface area is 109 Å². The van der Waals surface area contributed by atoms with E-state index in [1.807, 2.05) is 6.92 Å². The molecule has 0 N–H and O–H groups in total. The fourth-order valence-electron chi connectivity index (χ4n) is 0.523. The van der Waals surface area contributed by atoms with Gasteiger partial charge in [0.05, 0.1) is 4.92 Å². The summed E-state index contributed by atoms with van der Waals surface area (Å²) in [5, 5.41) is 10.4. The predicted octanol–water partition coefficient (Wildman–Crippen LogP) is 4.47. The molecule has 0 spiro atoms. The first-order valence-corrected chi connectivity index (χ1v) is 6.21. The van der Waals surface area contributed by atoms with Crippen LogP contribution in [0.1, 0.15) is 6.92 Å². The molecule has 0 amide bonds. The minimum Gasteiger partial charge on any atom is -0.258 e. The second kappa shape index (κ2) is 6.95. The summed E-state index contributed by atoms with van der Waals surface area (Å²) in [6.45, 7) is 1.82. The molecule has 0 unspecified atom stereocenters. The molecule has 0 rings (SSSR count). The van der Waals surface area contributed by atoms with Gasteiger partial charge in [0, 0.05) is 0 Å². The van der Waals surface area contributed by atoms with Gasteiger partial charge in [-0.25, -0.2) is 0 Å². The molecule has 0 fully saturated rings. The van der Waals surface area contributed by atoms with E-state index >= 15 is 0 Å². The molecule has 0 atom stereocenters. The average Bonchev–Trinajstić information content (AvgIpc) is 2.03. The predicted molar refractivity (Wildman–Crippen MR) is 65.7 cm³/mol. The summed E-state index contributed by atoms with van der Waals surface area (Å²) in [5.74, 6) is 0.611. The van der Waals surface area contributed by atoms with Crippen LogP contribution in [0.3, 0.4) is 0 Å². The Balaban J connectivity index is 5.26. The van der Waals surface area contributed by atoms with E-state index in [-0.39, 0.29) is 19.0 Å². The summed E-state index contributed by atoms with van der Waals surface area (Å²) in [6.07, 6.45) is 0. The van der Waals surface area contributed by atoms with Crippen LogP contribution in [0.25, 0.3) is 0 Å². The van der Waals surface area contributed by atoms with E-state index in [1.165, 1.54) is 0 Å². The van der Waals surface area contributed by atoms with Gasteiger partial charge in [-0.15, -0.1) is 11.8 Å². The minimum atomic E-state index is -0.670. The smallest absolute Gasteiger partial charge is 0.258 e. The third kappa shape index (κ3) is 4.40. The lowest BCUT2D eigenvalue weighted by atomic mass is 10.5. The number of nitro groups is 1. The van der Waals surface area contributed by atoms with Crippen molar-refractivity contribution in [3.63, 3.8) is 0 Å². The van der Waals surface area contributed by atoms with E-state index in [2.05, 4.69) is 15.9 Å². The third-order valence-corrected chi connectivity index (χ3v) is 3.53. The SMILES string of the molecule is CCS/C(Cl)=C(/C(Cl)=C(/Cl)Br)[N+](=O)[O-]. The van der Waals surface area contributed by atoms with E-state index in [0.29, 0.717) is 5.75 Å². The molecule has 0 aliphatic rings. The van der Waals surface area contributed by atoms with Crippen molar-refractivity contribution in [2.45, 2.75) is 6.92 Å². The van der Waals surface area contributed by atoms with Crippen molar-refractivity contribution in [3.8, 4) is 0 Å².